The van der Waals surface area contributed by atoms with Crippen molar-refractivity contribution >= 4 is 5.97 Å². The summed E-state index contributed by atoms with van der Waals surface area (Å²) in [7, 11) is 1.45. The van der Waals surface area contributed by atoms with Crippen molar-refractivity contribution in [3.05, 3.63) is 18.4 Å². The van der Waals surface area contributed by atoms with Crippen LogP contribution in [0.1, 0.15) is 37.5 Å². The molecule has 1 saturated carbocycles. The van der Waals surface area contributed by atoms with Crippen LogP contribution < -0.4 is 0 Å². The number of methoxy groups -OCH3 is 1. The predicted octanol–water partition coefficient (Wildman–Crippen LogP) is 2.12. The van der Waals surface area contributed by atoms with Crippen LogP contribution in [0.5, 0.6) is 0 Å². The molecule has 0 amide bonds. The summed E-state index contributed by atoms with van der Waals surface area (Å²) in [5.74, 6) is 1.17. The van der Waals surface area contributed by atoms with E-state index in [-0.39, 0.29) is 11.9 Å². The molecule has 1 aromatic rings. The molecule has 82 valence electrons. The molecule has 4 heteroatoms. The van der Waals surface area contributed by atoms with E-state index in [2.05, 4.69) is 4.98 Å². The zero-order chi connectivity index (χ0) is 10.7. The highest BCUT2D eigenvalue weighted by Gasteiger charge is 2.29. The second-order valence-corrected chi connectivity index (χ2v) is 3.94. The van der Waals surface area contributed by atoms with Gasteiger partial charge >= 0.3 is 5.97 Å². The van der Waals surface area contributed by atoms with E-state index in [9.17, 15) is 4.79 Å². The van der Waals surface area contributed by atoms with E-state index >= 15 is 0 Å². The van der Waals surface area contributed by atoms with Crippen LogP contribution >= 0.6 is 0 Å². The molecule has 0 radical (unpaired) electrons. The van der Waals surface area contributed by atoms with Crippen molar-refractivity contribution in [1.82, 2.24) is 4.98 Å². The topological polar surface area (TPSA) is 52.3 Å². The number of carbonyl (C=O) groups excluding carboxylic acids is 1. The molecule has 1 heterocycles. The molecule has 0 N–H and O–H groups in total. The number of carbonyl (C=O) groups is 1. The lowest BCUT2D eigenvalue weighted by molar-refractivity contribution is -0.146. The monoisotopic (exact) mass is 209 g/mol. The van der Waals surface area contributed by atoms with Gasteiger partial charge in [0.25, 0.3) is 0 Å². The largest absolute Gasteiger partial charge is 0.469 e. The molecule has 0 atom stereocenters. The van der Waals surface area contributed by atoms with Gasteiger partial charge in [0.15, 0.2) is 5.89 Å². The van der Waals surface area contributed by atoms with Gasteiger partial charge in [-0.15, -0.1) is 0 Å². The summed E-state index contributed by atoms with van der Waals surface area (Å²) >= 11 is 0. The van der Waals surface area contributed by atoms with Crippen LogP contribution in [0.3, 0.4) is 0 Å². The van der Waals surface area contributed by atoms with Crippen LogP contribution in [0, 0.1) is 5.92 Å². The van der Waals surface area contributed by atoms with Crippen molar-refractivity contribution in [3.63, 3.8) is 0 Å². The zero-order valence-corrected chi connectivity index (χ0v) is 8.81. The van der Waals surface area contributed by atoms with E-state index < -0.39 is 0 Å². The fraction of sp³-hybridized carbons (Fsp3) is 0.636. The van der Waals surface area contributed by atoms with Crippen molar-refractivity contribution in [3.8, 4) is 0 Å². The highest BCUT2D eigenvalue weighted by Crippen LogP contribution is 2.35. The Kier molecular flexibility index (Phi) is 3.04. The number of oxazole rings is 1. The maximum atomic E-state index is 11.3. The van der Waals surface area contributed by atoms with Crippen LogP contribution in [-0.2, 0) is 9.53 Å². The second-order valence-electron chi connectivity index (χ2n) is 3.94. The van der Waals surface area contributed by atoms with Gasteiger partial charge in [-0.25, -0.2) is 4.98 Å². The van der Waals surface area contributed by atoms with E-state index in [1.165, 1.54) is 7.11 Å². The maximum Gasteiger partial charge on any atom is 0.308 e. The number of nitrogens with zero attached hydrogens (tertiary/aromatic N) is 1. The lowest BCUT2D eigenvalue weighted by atomic mass is 9.82. The molecule has 0 bridgehead atoms. The molecule has 2 rings (SSSR count). The number of rotatable bonds is 2. The summed E-state index contributed by atoms with van der Waals surface area (Å²) in [5, 5.41) is 0. The summed E-state index contributed by atoms with van der Waals surface area (Å²) in [6.07, 6.45) is 6.93. The number of aromatic nitrogens is 1. The Labute approximate surface area is 88.6 Å². The zero-order valence-electron chi connectivity index (χ0n) is 8.81. The Bertz CT molecular complexity index is 313. The van der Waals surface area contributed by atoms with Crippen molar-refractivity contribution in [2.75, 3.05) is 7.11 Å². The molecule has 1 aromatic heterocycles. The SMILES string of the molecule is COC(=O)C1CCC(c2ncco2)CC1. The van der Waals surface area contributed by atoms with Gasteiger partial charge in [-0.05, 0) is 25.7 Å². The Balaban J connectivity index is 1.90. The highest BCUT2D eigenvalue weighted by atomic mass is 16.5. The van der Waals surface area contributed by atoms with Crippen LogP contribution in [0.25, 0.3) is 0 Å². The summed E-state index contributed by atoms with van der Waals surface area (Å²) < 4.78 is 10.0. The third-order valence-corrected chi connectivity index (χ3v) is 3.06. The van der Waals surface area contributed by atoms with Crippen LogP contribution in [-0.4, -0.2) is 18.1 Å². The normalized spacial score (nSPS) is 26.2. The first-order valence-electron chi connectivity index (χ1n) is 5.28. The van der Waals surface area contributed by atoms with Gasteiger partial charge in [0, 0.05) is 5.92 Å². The lowest BCUT2D eigenvalue weighted by Crippen LogP contribution is -2.22. The standard InChI is InChI=1S/C11H15NO3/c1-14-11(13)9-4-2-8(3-5-9)10-12-6-7-15-10/h6-9H,2-5H2,1H3. The number of esters is 1. The third-order valence-electron chi connectivity index (χ3n) is 3.06. The van der Waals surface area contributed by atoms with Gasteiger partial charge in [-0.3, -0.25) is 4.79 Å². The van der Waals surface area contributed by atoms with E-state index in [0.717, 1.165) is 31.6 Å². The number of hydrogen-bond acceptors (Lipinski definition) is 4. The maximum absolute atomic E-state index is 11.3. The molecule has 0 spiro atoms. The number of ether oxygens (including phenoxy) is 1. The summed E-state index contributed by atoms with van der Waals surface area (Å²) in [5.41, 5.74) is 0. The Hall–Kier alpha value is -1.32. The smallest absolute Gasteiger partial charge is 0.308 e. The Morgan fingerprint density at radius 1 is 1.47 bits per heavy atom. The first kappa shape index (κ1) is 10.2. The molecule has 0 aromatic carbocycles. The van der Waals surface area contributed by atoms with Crippen LogP contribution in [0.15, 0.2) is 16.9 Å². The number of hydrogen-bond donors (Lipinski definition) is 0. The van der Waals surface area contributed by atoms with E-state index in [1.807, 2.05) is 0 Å². The van der Waals surface area contributed by atoms with Crippen LogP contribution in [0.4, 0.5) is 0 Å². The molecule has 0 aliphatic heterocycles. The van der Waals surface area contributed by atoms with Gasteiger partial charge in [0.05, 0.1) is 19.2 Å². The van der Waals surface area contributed by atoms with Crippen molar-refractivity contribution < 1.29 is 13.9 Å². The second kappa shape index (κ2) is 4.47. The Morgan fingerprint density at radius 2 is 2.20 bits per heavy atom. The van der Waals surface area contributed by atoms with Gasteiger partial charge in [0.2, 0.25) is 0 Å². The molecule has 1 fully saturated rings. The molecule has 1 aliphatic carbocycles. The average molecular weight is 209 g/mol. The van der Waals surface area contributed by atoms with E-state index in [0.29, 0.717) is 5.92 Å². The Morgan fingerprint density at radius 3 is 2.73 bits per heavy atom. The summed E-state index contributed by atoms with van der Waals surface area (Å²) in [6, 6.07) is 0. The molecule has 4 nitrogen and oxygen atoms in total. The minimum atomic E-state index is -0.0825. The summed E-state index contributed by atoms with van der Waals surface area (Å²) in [4.78, 5) is 15.4. The highest BCUT2D eigenvalue weighted by molar-refractivity contribution is 5.72. The lowest BCUT2D eigenvalue weighted by Gasteiger charge is -2.24. The molecule has 0 unspecified atom stereocenters. The molecular formula is C11H15NO3. The minimum Gasteiger partial charge on any atom is -0.469 e. The third kappa shape index (κ3) is 2.19. The quantitative estimate of drug-likeness (QED) is 0.700. The molecule has 15 heavy (non-hydrogen) atoms. The molecular weight excluding hydrogens is 194 g/mol. The fourth-order valence-electron chi connectivity index (χ4n) is 2.18. The fourth-order valence-corrected chi connectivity index (χ4v) is 2.18. The molecule has 0 saturated heterocycles. The first-order valence-corrected chi connectivity index (χ1v) is 5.28. The van der Waals surface area contributed by atoms with E-state index in [1.54, 1.807) is 12.5 Å². The van der Waals surface area contributed by atoms with Crippen molar-refractivity contribution in [1.29, 1.82) is 0 Å². The van der Waals surface area contributed by atoms with Crippen LogP contribution in [0.2, 0.25) is 0 Å². The predicted molar refractivity (Wildman–Crippen MR) is 53.2 cm³/mol. The summed E-state index contributed by atoms with van der Waals surface area (Å²) in [6.45, 7) is 0. The van der Waals surface area contributed by atoms with Gasteiger partial charge < -0.3 is 9.15 Å². The first-order chi connectivity index (χ1) is 7.31. The molecule has 1 aliphatic rings. The minimum absolute atomic E-state index is 0.0706. The van der Waals surface area contributed by atoms with E-state index in [4.69, 9.17) is 9.15 Å². The van der Waals surface area contributed by atoms with Gasteiger partial charge in [0.1, 0.15) is 6.26 Å². The van der Waals surface area contributed by atoms with Crippen molar-refractivity contribution in [2.24, 2.45) is 5.92 Å². The van der Waals surface area contributed by atoms with Gasteiger partial charge in [-0.1, -0.05) is 0 Å². The van der Waals surface area contributed by atoms with Gasteiger partial charge in [-0.2, -0.15) is 0 Å². The average Bonchev–Trinajstić information content (AvgIpc) is 2.82. The van der Waals surface area contributed by atoms with Crippen molar-refractivity contribution in [2.45, 2.75) is 31.6 Å².